The maximum absolute atomic E-state index is 11.8. The van der Waals surface area contributed by atoms with Gasteiger partial charge in [-0.1, -0.05) is 0 Å². The topological polar surface area (TPSA) is 81.9 Å². The monoisotopic (exact) mass is 281 g/mol. The zero-order valence-corrected chi connectivity index (χ0v) is 11.8. The van der Waals surface area contributed by atoms with Crippen molar-refractivity contribution in [2.45, 2.75) is 20.4 Å². The maximum Gasteiger partial charge on any atom is 0.343 e. The molecule has 0 atom stereocenters. The molecule has 1 N–H and O–H groups in total. The molecule has 0 aliphatic heterocycles. The smallest absolute Gasteiger partial charge is 0.343 e. The van der Waals surface area contributed by atoms with Crippen LogP contribution in [0.5, 0.6) is 0 Å². The van der Waals surface area contributed by atoms with Crippen LogP contribution in [0, 0.1) is 6.92 Å². The third-order valence-electron chi connectivity index (χ3n) is 2.55. The Morgan fingerprint density at radius 2 is 2.37 bits per heavy atom. The molecular formula is C11H15N5O2S. The van der Waals surface area contributed by atoms with Gasteiger partial charge in [0, 0.05) is 7.05 Å². The molecule has 0 radical (unpaired) electrons. The Balaban J connectivity index is 2.13. The van der Waals surface area contributed by atoms with E-state index in [2.05, 4.69) is 19.9 Å². The molecule has 0 amide bonds. The van der Waals surface area contributed by atoms with Crippen molar-refractivity contribution >= 4 is 22.5 Å². The number of aromatic nitrogens is 4. The van der Waals surface area contributed by atoms with Crippen molar-refractivity contribution in [3.05, 3.63) is 23.4 Å². The predicted molar refractivity (Wildman–Crippen MR) is 71.1 cm³/mol. The zero-order valence-electron chi connectivity index (χ0n) is 11.0. The van der Waals surface area contributed by atoms with Gasteiger partial charge in [-0.05, 0) is 25.4 Å². The van der Waals surface area contributed by atoms with Crippen molar-refractivity contribution < 1.29 is 9.53 Å². The molecule has 19 heavy (non-hydrogen) atoms. The first kappa shape index (κ1) is 13.5. The van der Waals surface area contributed by atoms with Gasteiger partial charge >= 0.3 is 5.97 Å². The Bertz CT molecular complexity index is 577. The Hall–Kier alpha value is -1.96. The largest absolute Gasteiger partial charge is 0.462 e. The van der Waals surface area contributed by atoms with Gasteiger partial charge < -0.3 is 14.6 Å². The highest BCUT2D eigenvalue weighted by Gasteiger charge is 2.19. The van der Waals surface area contributed by atoms with Gasteiger partial charge in [0.1, 0.15) is 16.9 Å². The van der Waals surface area contributed by atoms with E-state index in [1.54, 1.807) is 20.2 Å². The number of hydrogen-bond acceptors (Lipinski definition) is 7. The molecule has 0 aromatic carbocycles. The Kier molecular flexibility index (Phi) is 4.10. The first-order valence-electron chi connectivity index (χ1n) is 5.83. The van der Waals surface area contributed by atoms with Gasteiger partial charge in [0.15, 0.2) is 5.82 Å². The van der Waals surface area contributed by atoms with Gasteiger partial charge in [0.25, 0.3) is 0 Å². The summed E-state index contributed by atoms with van der Waals surface area (Å²) in [5.41, 5.74) is 1.16. The summed E-state index contributed by atoms with van der Waals surface area (Å²) >= 11 is 1.24. The van der Waals surface area contributed by atoms with E-state index < -0.39 is 0 Å². The van der Waals surface area contributed by atoms with E-state index in [0.717, 1.165) is 5.82 Å². The van der Waals surface area contributed by atoms with Crippen LogP contribution in [0.3, 0.4) is 0 Å². The van der Waals surface area contributed by atoms with Crippen molar-refractivity contribution in [1.29, 1.82) is 0 Å². The van der Waals surface area contributed by atoms with Gasteiger partial charge in [-0.15, -0.1) is 10.2 Å². The molecule has 2 heterocycles. The van der Waals surface area contributed by atoms with Gasteiger partial charge in [-0.3, -0.25) is 0 Å². The molecule has 0 aliphatic rings. The highest BCUT2D eigenvalue weighted by atomic mass is 32.1. The molecule has 0 spiro atoms. The van der Waals surface area contributed by atoms with E-state index in [9.17, 15) is 4.79 Å². The maximum atomic E-state index is 11.8. The minimum Gasteiger partial charge on any atom is -0.462 e. The summed E-state index contributed by atoms with van der Waals surface area (Å²) in [6, 6.07) is 0. The number of rotatable bonds is 5. The minimum atomic E-state index is -0.353. The third-order valence-corrected chi connectivity index (χ3v) is 3.45. The van der Waals surface area contributed by atoms with Gasteiger partial charge in [-0.2, -0.15) is 4.37 Å². The average molecular weight is 281 g/mol. The number of carbonyl (C=O) groups is 1. The van der Waals surface area contributed by atoms with E-state index in [1.807, 2.05) is 11.6 Å². The summed E-state index contributed by atoms with van der Waals surface area (Å²) < 4.78 is 11.0. The van der Waals surface area contributed by atoms with Crippen LogP contribution in [0.15, 0.2) is 6.33 Å². The van der Waals surface area contributed by atoms with Gasteiger partial charge in [0.05, 0.1) is 18.8 Å². The molecule has 0 fully saturated rings. The molecule has 8 heteroatoms. The van der Waals surface area contributed by atoms with E-state index in [1.165, 1.54) is 11.5 Å². The number of anilines is 1. The molecule has 102 valence electrons. The molecule has 2 rings (SSSR count). The highest BCUT2D eigenvalue weighted by Crippen LogP contribution is 2.25. The Morgan fingerprint density at radius 1 is 1.58 bits per heavy atom. The Labute approximate surface area is 114 Å². The van der Waals surface area contributed by atoms with Gasteiger partial charge in [-0.25, -0.2) is 4.79 Å². The van der Waals surface area contributed by atoms with Crippen molar-refractivity contribution in [3.8, 4) is 0 Å². The molecule has 0 bridgehead atoms. The summed E-state index contributed by atoms with van der Waals surface area (Å²) in [5.74, 6) is 0.426. The zero-order chi connectivity index (χ0) is 13.8. The van der Waals surface area contributed by atoms with Crippen molar-refractivity contribution in [3.63, 3.8) is 0 Å². The fourth-order valence-corrected chi connectivity index (χ4v) is 2.34. The molecular weight excluding hydrogens is 266 g/mol. The summed E-state index contributed by atoms with van der Waals surface area (Å²) in [4.78, 5) is 11.8. The Morgan fingerprint density at radius 3 is 3.00 bits per heavy atom. The molecule has 0 aliphatic carbocycles. The van der Waals surface area contributed by atoms with Crippen molar-refractivity contribution in [2.75, 3.05) is 11.9 Å². The lowest BCUT2D eigenvalue weighted by Gasteiger charge is -2.06. The molecule has 7 nitrogen and oxygen atoms in total. The summed E-state index contributed by atoms with van der Waals surface area (Å²) in [6.07, 6.45) is 1.63. The summed E-state index contributed by atoms with van der Waals surface area (Å²) in [7, 11) is 1.86. The predicted octanol–water partition coefficient (Wildman–Crippen LogP) is 1.37. The van der Waals surface area contributed by atoms with Crippen molar-refractivity contribution in [2.24, 2.45) is 7.05 Å². The quantitative estimate of drug-likeness (QED) is 0.834. The standard InChI is InChI=1S/C11H15N5O2S/c1-4-18-11(17)9-7(2)15-19-10(9)12-5-8-14-13-6-16(8)3/h6,12H,4-5H2,1-3H3. The lowest BCUT2D eigenvalue weighted by atomic mass is 10.2. The third kappa shape index (κ3) is 2.90. The van der Waals surface area contributed by atoms with Crippen LogP contribution in [0.4, 0.5) is 5.00 Å². The van der Waals surface area contributed by atoms with Crippen LogP contribution in [0.1, 0.15) is 28.8 Å². The second-order valence-corrected chi connectivity index (χ2v) is 4.68. The number of ether oxygens (including phenoxy) is 1. The normalized spacial score (nSPS) is 10.5. The summed E-state index contributed by atoms with van der Waals surface area (Å²) in [5, 5.41) is 11.6. The number of nitrogens with one attached hydrogen (secondary N) is 1. The van der Waals surface area contributed by atoms with Crippen molar-refractivity contribution in [1.82, 2.24) is 19.1 Å². The van der Waals surface area contributed by atoms with E-state index in [4.69, 9.17) is 4.74 Å². The number of aryl methyl sites for hydroxylation is 2. The molecule has 0 saturated heterocycles. The lowest BCUT2D eigenvalue weighted by Crippen LogP contribution is -2.10. The average Bonchev–Trinajstić information content (AvgIpc) is 2.93. The molecule has 0 unspecified atom stereocenters. The number of esters is 1. The fourth-order valence-electron chi connectivity index (χ4n) is 1.56. The van der Waals surface area contributed by atoms with E-state index >= 15 is 0 Å². The van der Waals surface area contributed by atoms with Crippen LogP contribution in [-0.4, -0.2) is 31.7 Å². The van der Waals surface area contributed by atoms with E-state index in [-0.39, 0.29) is 5.97 Å². The SMILES string of the molecule is CCOC(=O)c1c(C)nsc1NCc1nncn1C. The summed E-state index contributed by atoms with van der Waals surface area (Å²) in [6.45, 7) is 4.39. The number of carbonyl (C=O) groups excluding carboxylic acids is 1. The van der Waals surface area contributed by atoms with Crippen LogP contribution in [-0.2, 0) is 18.3 Å². The minimum absolute atomic E-state index is 0.344. The second-order valence-electron chi connectivity index (χ2n) is 3.90. The molecule has 2 aromatic heterocycles. The highest BCUT2D eigenvalue weighted by molar-refractivity contribution is 7.10. The second kappa shape index (κ2) is 5.79. The van der Waals surface area contributed by atoms with Gasteiger partial charge in [0.2, 0.25) is 0 Å². The van der Waals surface area contributed by atoms with E-state index in [0.29, 0.717) is 29.4 Å². The number of hydrogen-bond donors (Lipinski definition) is 1. The molecule has 2 aromatic rings. The van der Waals surface area contributed by atoms with Crippen LogP contribution >= 0.6 is 11.5 Å². The van der Waals surface area contributed by atoms with Crippen LogP contribution in [0.25, 0.3) is 0 Å². The van der Waals surface area contributed by atoms with Crippen LogP contribution < -0.4 is 5.32 Å². The fraction of sp³-hybridized carbons (Fsp3) is 0.455. The number of nitrogens with zero attached hydrogens (tertiary/aromatic N) is 4. The first-order chi connectivity index (χ1) is 9.13. The molecule has 0 saturated carbocycles. The first-order valence-corrected chi connectivity index (χ1v) is 6.61. The lowest BCUT2D eigenvalue weighted by molar-refractivity contribution is 0.0527. The van der Waals surface area contributed by atoms with Crippen LogP contribution in [0.2, 0.25) is 0 Å².